The van der Waals surface area contributed by atoms with E-state index in [-0.39, 0.29) is 5.69 Å². The minimum absolute atomic E-state index is 0.247. The van der Waals surface area contributed by atoms with Crippen molar-refractivity contribution in [1.82, 2.24) is 4.90 Å². The van der Waals surface area contributed by atoms with Crippen molar-refractivity contribution in [2.45, 2.75) is 11.8 Å². The Hall–Kier alpha value is -2.26. The highest BCUT2D eigenvalue weighted by Gasteiger charge is 2.25. The first kappa shape index (κ1) is 19.5. The van der Waals surface area contributed by atoms with E-state index in [1.807, 2.05) is 6.07 Å². The molecule has 0 spiro atoms. The summed E-state index contributed by atoms with van der Waals surface area (Å²) in [6, 6.07) is 6.47. The molecule has 1 saturated heterocycles. The molecule has 0 radical (unpaired) electrons. The molecule has 0 atom stereocenters. The van der Waals surface area contributed by atoms with E-state index in [1.54, 1.807) is 19.1 Å². The van der Waals surface area contributed by atoms with Gasteiger partial charge in [0.1, 0.15) is 4.90 Å². The number of piperazine rings is 1. The maximum atomic E-state index is 13.9. The highest BCUT2D eigenvalue weighted by Crippen LogP contribution is 2.27. The number of nitrogens with zero attached hydrogens (tertiary/aromatic N) is 2. The summed E-state index contributed by atoms with van der Waals surface area (Å²) >= 11 is 0. The molecule has 0 saturated carbocycles. The van der Waals surface area contributed by atoms with Gasteiger partial charge in [0.15, 0.2) is 17.5 Å². The fourth-order valence-electron chi connectivity index (χ4n) is 2.94. The topological polar surface area (TPSA) is 52.6 Å². The fourth-order valence-corrected chi connectivity index (χ4v) is 4.14. The average molecular weight is 399 g/mol. The van der Waals surface area contributed by atoms with Gasteiger partial charge in [-0.3, -0.25) is 4.72 Å². The number of hydrogen-bond donors (Lipinski definition) is 1. The van der Waals surface area contributed by atoms with Crippen molar-refractivity contribution in [3.05, 3.63) is 53.3 Å². The lowest BCUT2D eigenvalue weighted by molar-refractivity contribution is 0.313. The first-order chi connectivity index (χ1) is 12.7. The number of nitrogens with one attached hydrogen (secondary N) is 1. The molecular weight excluding hydrogens is 379 g/mol. The monoisotopic (exact) mass is 399 g/mol. The van der Waals surface area contributed by atoms with Gasteiger partial charge in [0.05, 0.1) is 5.69 Å². The molecule has 146 valence electrons. The Morgan fingerprint density at radius 2 is 1.63 bits per heavy atom. The van der Waals surface area contributed by atoms with Gasteiger partial charge < -0.3 is 9.80 Å². The minimum Gasteiger partial charge on any atom is -0.369 e. The van der Waals surface area contributed by atoms with Crippen LogP contribution in [0, 0.1) is 24.4 Å². The van der Waals surface area contributed by atoms with E-state index in [1.165, 1.54) is 0 Å². The zero-order chi connectivity index (χ0) is 19.8. The Morgan fingerprint density at radius 3 is 2.26 bits per heavy atom. The van der Waals surface area contributed by atoms with Crippen molar-refractivity contribution >= 4 is 21.4 Å². The Morgan fingerprint density at radius 1 is 0.963 bits per heavy atom. The number of rotatable bonds is 4. The second-order valence-corrected chi connectivity index (χ2v) is 8.22. The highest BCUT2D eigenvalue weighted by atomic mass is 32.2. The van der Waals surface area contributed by atoms with Crippen molar-refractivity contribution in [3.8, 4) is 0 Å². The average Bonchev–Trinajstić information content (AvgIpc) is 2.62. The summed E-state index contributed by atoms with van der Waals surface area (Å²) in [4.78, 5) is 3.48. The van der Waals surface area contributed by atoms with Crippen molar-refractivity contribution in [1.29, 1.82) is 0 Å². The van der Waals surface area contributed by atoms with Crippen LogP contribution in [0.3, 0.4) is 0 Å². The quantitative estimate of drug-likeness (QED) is 0.804. The maximum absolute atomic E-state index is 13.9. The first-order valence-electron chi connectivity index (χ1n) is 8.39. The van der Waals surface area contributed by atoms with Crippen LogP contribution in [0.1, 0.15) is 5.56 Å². The summed E-state index contributed by atoms with van der Waals surface area (Å²) in [5, 5.41) is 0. The van der Waals surface area contributed by atoms with Crippen LogP contribution in [0.5, 0.6) is 0 Å². The zero-order valence-corrected chi connectivity index (χ0v) is 15.8. The fraction of sp³-hybridized carbons (Fsp3) is 0.333. The van der Waals surface area contributed by atoms with Gasteiger partial charge in [-0.05, 0) is 49.9 Å². The molecule has 0 aliphatic carbocycles. The Kier molecular flexibility index (Phi) is 5.34. The van der Waals surface area contributed by atoms with Gasteiger partial charge in [0.2, 0.25) is 0 Å². The van der Waals surface area contributed by atoms with Crippen molar-refractivity contribution in [2.75, 3.05) is 42.8 Å². The van der Waals surface area contributed by atoms with Crippen molar-refractivity contribution in [3.63, 3.8) is 0 Å². The van der Waals surface area contributed by atoms with Crippen LogP contribution in [0.4, 0.5) is 24.5 Å². The summed E-state index contributed by atoms with van der Waals surface area (Å²) in [7, 11) is -2.35. The Balaban J connectivity index is 1.84. The molecule has 0 aromatic heterocycles. The minimum atomic E-state index is -4.40. The van der Waals surface area contributed by atoms with E-state index in [0.717, 1.165) is 31.9 Å². The maximum Gasteiger partial charge on any atom is 0.264 e. The summed E-state index contributed by atoms with van der Waals surface area (Å²) in [6.45, 7) is 5.31. The van der Waals surface area contributed by atoms with E-state index >= 15 is 0 Å². The van der Waals surface area contributed by atoms with E-state index < -0.39 is 32.4 Å². The SMILES string of the molecule is Cc1cc(N2CCN(C)CC2)ccc1NS(=O)(=O)c1ccc(F)c(F)c1F. The predicted octanol–water partition coefficient (Wildman–Crippen LogP) is 2.96. The molecule has 1 fully saturated rings. The molecule has 1 aliphatic rings. The summed E-state index contributed by atoms with van der Waals surface area (Å²) in [5.41, 5.74) is 1.84. The summed E-state index contributed by atoms with van der Waals surface area (Å²) in [5.74, 6) is -5.01. The predicted molar refractivity (Wildman–Crippen MR) is 98.0 cm³/mol. The number of hydrogen-bond acceptors (Lipinski definition) is 4. The van der Waals surface area contributed by atoms with Gasteiger partial charge in [0, 0.05) is 31.9 Å². The van der Waals surface area contributed by atoms with Gasteiger partial charge in [0.25, 0.3) is 10.0 Å². The van der Waals surface area contributed by atoms with E-state index in [0.29, 0.717) is 17.7 Å². The molecule has 9 heteroatoms. The Bertz CT molecular complexity index is 959. The van der Waals surface area contributed by atoms with E-state index in [4.69, 9.17) is 0 Å². The molecule has 2 aromatic rings. The van der Waals surface area contributed by atoms with Gasteiger partial charge in [-0.1, -0.05) is 0 Å². The van der Waals surface area contributed by atoms with Crippen LogP contribution in [0.2, 0.25) is 0 Å². The first-order valence-corrected chi connectivity index (χ1v) is 9.88. The second-order valence-electron chi connectivity index (χ2n) is 6.57. The lowest BCUT2D eigenvalue weighted by atomic mass is 10.1. The molecule has 27 heavy (non-hydrogen) atoms. The zero-order valence-electron chi connectivity index (χ0n) is 15.0. The van der Waals surface area contributed by atoms with Gasteiger partial charge in [-0.2, -0.15) is 0 Å². The lowest BCUT2D eigenvalue weighted by Gasteiger charge is -2.34. The summed E-state index contributed by atoms with van der Waals surface area (Å²) < 4.78 is 67.3. The largest absolute Gasteiger partial charge is 0.369 e. The molecule has 5 nitrogen and oxygen atoms in total. The molecular formula is C18H20F3N3O2S. The van der Waals surface area contributed by atoms with Crippen molar-refractivity contribution in [2.24, 2.45) is 0 Å². The highest BCUT2D eigenvalue weighted by molar-refractivity contribution is 7.92. The number of anilines is 2. The smallest absolute Gasteiger partial charge is 0.264 e. The Labute approximate surface area is 156 Å². The van der Waals surface area contributed by atoms with Crippen LogP contribution in [0.15, 0.2) is 35.2 Å². The lowest BCUT2D eigenvalue weighted by Crippen LogP contribution is -2.44. The van der Waals surface area contributed by atoms with Crippen LogP contribution in [0.25, 0.3) is 0 Å². The van der Waals surface area contributed by atoms with Crippen LogP contribution in [-0.2, 0) is 10.0 Å². The second kappa shape index (κ2) is 7.40. The molecule has 2 aromatic carbocycles. The third-order valence-electron chi connectivity index (χ3n) is 4.61. The van der Waals surface area contributed by atoms with Crippen LogP contribution in [-0.4, -0.2) is 46.5 Å². The number of likely N-dealkylation sites (N-methyl/N-ethyl adjacent to an activating group) is 1. The molecule has 1 aliphatic heterocycles. The third kappa shape index (κ3) is 4.03. The molecule has 1 N–H and O–H groups in total. The van der Waals surface area contributed by atoms with Crippen LogP contribution >= 0.6 is 0 Å². The van der Waals surface area contributed by atoms with E-state index in [9.17, 15) is 21.6 Å². The molecule has 0 unspecified atom stereocenters. The standard InChI is InChI=1S/C18H20F3N3O2S/c1-12-11-13(24-9-7-23(2)8-10-24)3-5-15(12)22-27(25,26)16-6-4-14(19)17(20)18(16)21/h3-6,11,22H,7-10H2,1-2H3. The number of halogens is 3. The van der Waals surface area contributed by atoms with Crippen LogP contribution < -0.4 is 9.62 Å². The summed E-state index contributed by atoms with van der Waals surface area (Å²) in [6.07, 6.45) is 0. The molecule has 1 heterocycles. The number of aryl methyl sites for hydroxylation is 1. The number of sulfonamides is 1. The van der Waals surface area contributed by atoms with Gasteiger partial charge in [-0.15, -0.1) is 0 Å². The normalized spacial score (nSPS) is 15.8. The molecule has 0 bridgehead atoms. The van der Waals surface area contributed by atoms with Gasteiger partial charge >= 0.3 is 0 Å². The number of benzene rings is 2. The van der Waals surface area contributed by atoms with Crippen molar-refractivity contribution < 1.29 is 21.6 Å². The third-order valence-corrected chi connectivity index (χ3v) is 5.99. The van der Waals surface area contributed by atoms with Gasteiger partial charge in [-0.25, -0.2) is 21.6 Å². The van der Waals surface area contributed by atoms with E-state index in [2.05, 4.69) is 21.6 Å². The molecule has 0 amide bonds. The molecule has 3 rings (SSSR count).